The quantitative estimate of drug-likeness (QED) is 0.783. The molecule has 8 heteroatoms. The van der Waals surface area contributed by atoms with Crippen molar-refractivity contribution in [3.8, 4) is 11.5 Å². The lowest BCUT2D eigenvalue weighted by atomic mass is 9.95. The van der Waals surface area contributed by atoms with Crippen LogP contribution in [-0.4, -0.2) is 69.7 Å². The summed E-state index contributed by atoms with van der Waals surface area (Å²) in [6, 6.07) is 5.67. The maximum absolute atomic E-state index is 12.7. The summed E-state index contributed by atoms with van der Waals surface area (Å²) in [5.74, 6) is 1.18. The van der Waals surface area contributed by atoms with Gasteiger partial charge in [0.05, 0.1) is 19.3 Å². The van der Waals surface area contributed by atoms with Crippen LogP contribution in [0.2, 0.25) is 0 Å². The van der Waals surface area contributed by atoms with Gasteiger partial charge in [-0.1, -0.05) is 12.1 Å². The fraction of sp³-hybridized carbons (Fsp3) is 0.562. The van der Waals surface area contributed by atoms with Crippen molar-refractivity contribution in [2.75, 3.05) is 46.2 Å². The van der Waals surface area contributed by atoms with Crippen molar-refractivity contribution in [2.45, 2.75) is 6.42 Å². The summed E-state index contributed by atoms with van der Waals surface area (Å²) in [6.07, 6.45) is 1.81. The molecule has 1 saturated heterocycles. The second kappa shape index (κ2) is 6.60. The van der Waals surface area contributed by atoms with Crippen LogP contribution in [0.15, 0.2) is 18.2 Å². The fourth-order valence-corrected chi connectivity index (χ4v) is 4.04. The SMILES string of the molecule is COc1cccc2c1OCC(C(=O)N1CCN(S(C)(=O)=O)CC1)C2. The molecule has 1 aromatic rings. The Labute approximate surface area is 142 Å². The van der Waals surface area contributed by atoms with Gasteiger partial charge in [0.15, 0.2) is 11.5 Å². The summed E-state index contributed by atoms with van der Waals surface area (Å²) in [7, 11) is -1.60. The van der Waals surface area contributed by atoms with Crippen LogP contribution in [0.3, 0.4) is 0 Å². The van der Waals surface area contributed by atoms with Crippen LogP contribution >= 0.6 is 0 Å². The van der Waals surface area contributed by atoms with E-state index in [0.717, 1.165) is 5.56 Å². The predicted molar refractivity (Wildman–Crippen MR) is 88.7 cm³/mol. The number of benzene rings is 1. The van der Waals surface area contributed by atoms with Crippen molar-refractivity contribution in [1.82, 2.24) is 9.21 Å². The minimum atomic E-state index is -3.19. The van der Waals surface area contributed by atoms with Crippen molar-refractivity contribution in [1.29, 1.82) is 0 Å². The number of fused-ring (bicyclic) bond motifs is 1. The van der Waals surface area contributed by atoms with Crippen LogP contribution < -0.4 is 9.47 Å². The van der Waals surface area contributed by atoms with Crippen LogP contribution in [0.5, 0.6) is 11.5 Å². The van der Waals surface area contributed by atoms with Crippen LogP contribution in [0, 0.1) is 5.92 Å². The first-order valence-corrected chi connectivity index (χ1v) is 9.77. The summed E-state index contributed by atoms with van der Waals surface area (Å²) in [4.78, 5) is 14.5. The van der Waals surface area contributed by atoms with Gasteiger partial charge in [-0.05, 0) is 18.1 Å². The van der Waals surface area contributed by atoms with E-state index in [1.54, 1.807) is 12.0 Å². The van der Waals surface area contributed by atoms with Gasteiger partial charge in [0.2, 0.25) is 15.9 Å². The van der Waals surface area contributed by atoms with E-state index in [4.69, 9.17) is 9.47 Å². The first-order chi connectivity index (χ1) is 11.4. The molecular formula is C16H22N2O5S. The van der Waals surface area contributed by atoms with Gasteiger partial charge in [-0.15, -0.1) is 0 Å². The molecule has 1 atom stereocenters. The molecule has 1 fully saturated rings. The third-order valence-corrected chi connectivity index (χ3v) is 5.85. The van der Waals surface area contributed by atoms with E-state index >= 15 is 0 Å². The zero-order valence-electron chi connectivity index (χ0n) is 13.9. The van der Waals surface area contributed by atoms with Gasteiger partial charge in [-0.3, -0.25) is 4.79 Å². The largest absolute Gasteiger partial charge is 0.493 e. The number of carbonyl (C=O) groups is 1. The Morgan fingerprint density at radius 3 is 2.58 bits per heavy atom. The van der Waals surface area contributed by atoms with Gasteiger partial charge in [0.1, 0.15) is 6.61 Å². The Bertz CT molecular complexity index is 726. The normalized spacial score (nSPS) is 21.8. The molecule has 24 heavy (non-hydrogen) atoms. The number of hydrogen-bond acceptors (Lipinski definition) is 5. The van der Waals surface area contributed by atoms with Gasteiger partial charge in [-0.2, -0.15) is 4.31 Å². The van der Waals surface area contributed by atoms with Crippen molar-refractivity contribution < 1.29 is 22.7 Å². The number of para-hydroxylation sites is 1. The van der Waals surface area contributed by atoms with Gasteiger partial charge in [0, 0.05) is 26.2 Å². The van der Waals surface area contributed by atoms with Crippen molar-refractivity contribution in [3.63, 3.8) is 0 Å². The topological polar surface area (TPSA) is 76.2 Å². The predicted octanol–water partition coefficient (Wildman–Crippen LogP) is 0.350. The Hall–Kier alpha value is -1.80. The summed E-state index contributed by atoms with van der Waals surface area (Å²) < 4.78 is 35.6. The Morgan fingerprint density at radius 1 is 1.25 bits per heavy atom. The molecule has 1 amide bonds. The molecule has 2 aliphatic heterocycles. The molecule has 2 heterocycles. The van der Waals surface area contributed by atoms with E-state index in [2.05, 4.69) is 0 Å². The fourth-order valence-electron chi connectivity index (χ4n) is 3.21. The molecule has 1 unspecified atom stereocenters. The number of piperazine rings is 1. The molecule has 0 N–H and O–H groups in total. The average Bonchev–Trinajstić information content (AvgIpc) is 2.59. The maximum atomic E-state index is 12.7. The zero-order chi connectivity index (χ0) is 17.3. The summed E-state index contributed by atoms with van der Waals surface area (Å²) in [5.41, 5.74) is 0.966. The number of methoxy groups -OCH3 is 1. The second-order valence-corrected chi connectivity index (χ2v) is 8.13. The maximum Gasteiger partial charge on any atom is 0.229 e. The number of amides is 1. The van der Waals surface area contributed by atoms with Crippen molar-refractivity contribution >= 4 is 15.9 Å². The molecule has 1 aromatic carbocycles. The Morgan fingerprint density at radius 2 is 1.96 bits per heavy atom. The third-order valence-electron chi connectivity index (χ3n) is 4.54. The summed E-state index contributed by atoms with van der Waals surface area (Å²) >= 11 is 0. The molecule has 0 aliphatic carbocycles. The molecule has 0 aromatic heterocycles. The molecule has 132 valence electrons. The van der Waals surface area contributed by atoms with Crippen molar-refractivity contribution in [3.05, 3.63) is 23.8 Å². The standard InChI is InChI=1S/C16H22N2O5S/c1-22-14-5-3-4-12-10-13(11-23-15(12)14)16(19)17-6-8-18(9-7-17)24(2,20)21/h3-5,13H,6-11H2,1-2H3. The Kier molecular flexibility index (Phi) is 4.69. The second-order valence-electron chi connectivity index (χ2n) is 6.15. The lowest BCUT2D eigenvalue weighted by molar-refractivity contribution is -0.138. The third kappa shape index (κ3) is 3.34. The lowest BCUT2D eigenvalue weighted by Gasteiger charge is -2.36. The minimum absolute atomic E-state index is 0.0246. The number of hydrogen-bond donors (Lipinski definition) is 0. The number of sulfonamides is 1. The molecule has 7 nitrogen and oxygen atoms in total. The highest BCUT2D eigenvalue weighted by Crippen LogP contribution is 2.36. The number of rotatable bonds is 3. The molecule has 0 radical (unpaired) electrons. The number of ether oxygens (including phenoxy) is 2. The highest BCUT2D eigenvalue weighted by atomic mass is 32.2. The van der Waals surface area contributed by atoms with E-state index in [1.165, 1.54) is 10.6 Å². The molecule has 0 saturated carbocycles. The monoisotopic (exact) mass is 354 g/mol. The summed E-state index contributed by atoms with van der Waals surface area (Å²) in [5, 5.41) is 0. The zero-order valence-corrected chi connectivity index (χ0v) is 14.7. The van der Waals surface area contributed by atoms with Gasteiger partial charge in [-0.25, -0.2) is 8.42 Å². The molecule has 0 bridgehead atoms. The van der Waals surface area contributed by atoms with Gasteiger partial charge in [0.25, 0.3) is 0 Å². The minimum Gasteiger partial charge on any atom is -0.493 e. The van der Waals surface area contributed by atoms with E-state index in [-0.39, 0.29) is 11.8 Å². The molecule has 2 aliphatic rings. The van der Waals surface area contributed by atoms with Crippen LogP contribution in [0.1, 0.15) is 5.56 Å². The average molecular weight is 354 g/mol. The first-order valence-electron chi connectivity index (χ1n) is 7.92. The molecule has 0 spiro atoms. The van der Waals surface area contributed by atoms with Gasteiger partial charge < -0.3 is 14.4 Å². The molecule has 3 rings (SSSR count). The van der Waals surface area contributed by atoms with Crippen LogP contribution in [-0.2, 0) is 21.2 Å². The van der Waals surface area contributed by atoms with E-state index in [9.17, 15) is 13.2 Å². The number of carbonyl (C=O) groups excluding carboxylic acids is 1. The van der Waals surface area contributed by atoms with Crippen molar-refractivity contribution in [2.24, 2.45) is 5.92 Å². The highest BCUT2D eigenvalue weighted by molar-refractivity contribution is 7.88. The van der Waals surface area contributed by atoms with E-state index in [1.807, 2.05) is 18.2 Å². The smallest absolute Gasteiger partial charge is 0.229 e. The summed E-state index contributed by atoms with van der Waals surface area (Å²) in [6.45, 7) is 1.87. The lowest BCUT2D eigenvalue weighted by Crippen LogP contribution is -2.52. The Balaban J connectivity index is 1.65. The van der Waals surface area contributed by atoms with E-state index in [0.29, 0.717) is 50.7 Å². The highest BCUT2D eigenvalue weighted by Gasteiger charge is 2.33. The number of nitrogens with zero attached hydrogens (tertiary/aromatic N) is 2. The van der Waals surface area contributed by atoms with Crippen LogP contribution in [0.4, 0.5) is 0 Å². The van der Waals surface area contributed by atoms with E-state index < -0.39 is 10.0 Å². The first kappa shape index (κ1) is 17.0. The van der Waals surface area contributed by atoms with Crippen LogP contribution in [0.25, 0.3) is 0 Å². The van der Waals surface area contributed by atoms with Gasteiger partial charge >= 0.3 is 0 Å². The molecular weight excluding hydrogens is 332 g/mol.